The van der Waals surface area contributed by atoms with Crippen molar-refractivity contribution in [2.24, 2.45) is 0 Å². The summed E-state index contributed by atoms with van der Waals surface area (Å²) in [4.78, 5) is 13.9. The van der Waals surface area contributed by atoms with E-state index in [9.17, 15) is 4.79 Å². The van der Waals surface area contributed by atoms with Crippen molar-refractivity contribution in [1.82, 2.24) is 4.90 Å². The predicted octanol–water partition coefficient (Wildman–Crippen LogP) is 5.84. The number of hydrogen-bond donors (Lipinski definition) is 0. The number of allylic oxidation sites excluding steroid dienone is 3. The van der Waals surface area contributed by atoms with Crippen molar-refractivity contribution in [2.45, 2.75) is 45.3 Å². The van der Waals surface area contributed by atoms with Gasteiger partial charge in [-0.2, -0.15) is 0 Å². The normalized spacial score (nSPS) is 15.4. The van der Waals surface area contributed by atoms with Crippen molar-refractivity contribution < 1.29 is 23.7 Å². The number of benzene rings is 1. The number of ether oxygens (including phenoxy) is 4. The Kier molecular flexibility index (Phi) is 9.65. The standard InChI is InChI=1S/C24H32BrNO5/c1-6-8-22(18(2)25)30-21-10-7-9-20(17-21)29-16-15-28-19-11-13-26(14-12-19)23(27)31-24(3,4)5/h6-10,17,19H,1-2,11-16H2,3-5H3/b22-8+. The molecule has 1 fully saturated rings. The van der Waals surface area contributed by atoms with Crippen LogP contribution in [0, 0.1) is 0 Å². The fourth-order valence-corrected chi connectivity index (χ4v) is 3.16. The Labute approximate surface area is 193 Å². The molecule has 0 unspecified atom stereocenters. The van der Waals surface area contributed by atoms with E-state index >= 15 is 0 Å². The highest BCUT2D eigenvalue weighted by Crippen LogP contribution is 2.25. The zero-order chi connectivity index (χ0) is 22.9. The molecule has 1 saturated heterocycles. The van der Waals surface area contributed by atoms with Gasteiger partial charge in [0.25, 0.3) is 0 Å². The van der Waals surface area contributed by atoms with Crippen molar-refractivity contribution in [3.05, 3.63) is 59.8 Å². The Morgan fingerprint density at radius 2 is 1.90 bits per heavy atom. The largest absolute Gasteiger partial charge is 0.491 e. The van der Waals surface area contributed by atoms with E-state index in [1.165, 1.54) is 0 Å². The minimum absolute atomic E-state index is 0.119. The molecule has 1 aromatic rings. The van der Waals surface area contributed by atoms with Gasteiger partial charge in [0, 0.05) is 19.2 Å². The molecule has 1 aliphatic heterocycles. The lowest BCUT2D eigenvalue weighted by molar-refractivity contribution is -0.0177. The van der Waals surface area contributed by atoms with Crippen LogP contribution in [-0.2, 0) is 9.47 Å². The molecule has 0 atom stereocenters. The fourth-order valence-electron chi connectivity index (χ4n) is 2.95. The summed E-state index contributed by atoms with van der Waals surface area (Å²) in [5.41, 5.74) is -0.476. The summed E-state index contributed by atoms with van der Waals surface area (Å²) in [6.07, 6.45) is 4.80. The van der Waals surface area contributed by atoms with Gasteiger partial charge in [-0.05, 0) is 67.8 Å². The SMILES string of the molecule is C=C/C=C(/Oc1cccc(OCCOC2CCN(C(=O)OC(C)(C)C)CC2)c1)C(=C)Br. The monoisotopic (exact) mass is 493 g/mol. The third-order valence-corrected chi connectivity index (χ3v) is 4.76. The van der Waals surface area contributed by atoms with E-state index in [0.717, 1.165) is 12.8 Å². The number of halogens is 1. The Morgan fingerprint density at radius 3 is 2.52 bits per heavy atom. The first-order valence-electron chi connectivity index (χ1n) is 10.4. The predicted molar refractivity (Wildman–Crippen MR) is 126 cm³/mol. The van der Waals surface area contributed by atoms with Crippen LogP contribution in [0.25, 0.3) is 0 Å². The van der Waals surface area contributed by atoms with Crippen LogP contribution in [0.2, 0.25) is 0 Å². The molecule has 2 rings (SSSR count). The lowest BCUT2D eigenvalue weighted by atomic mass is 10.1. The van der Waals surface area contributed by atoms with E-state index in [-0.39, 0.29) is 12.2 Å². The average molecular weight is 494 g/mol. The van der Waals surface area contributed by atoms with Crippen molar-refractivity contribution in [3.63, 3.8) is 0 Å². The smallest absolute Gasteiger partial charge is 0.410 e. The lowest BCUT2D eigenvalue weighted by Gasteiger charge is -2.33. The van der Waals surface area contributed by atoms with Gasteiger partial charge in [-0.15, -0.1) is 0 Å². The van der Waals surface area contributed by atoms with Gasteiger partial charge in [0.2, 0.25) is 0 Å². The number of carbonyl (C=O) groups is 1. The number of piperidine rings is 1. The zero-order valence-corrected chi connectivity index (χ0v) is 20.2. The van der Waals surface area contributed by atoms with Crippen LogP contribution in [0.3, 0.4) is 0 Å². The molecule has 0 saturated carbocycles. The summed E-state index contributed by atoms with van der Waals surface area (Å²) in [7, 11) is 0. The van der Waals surface area contributed by atoms with Crippen LogP contribution in [0.15, 0.2) is 59.8 Å². The van der Waals surface area contributed by atoms with Gasteiger partial charge in [0.15, 0.2) is 0 Å². The van der Waals surface area contributed by atoms with Crippen LogP contribution in [0.1, 0.15) is 33.6 Å². The maximum Gasteiger partial charge on any atom is 0.410 e. The molecule has 0 spiro atoms. The maximum absolute atomic E-state index is 12.1. The van der Waals surface area contributed by atoms with Gasteiger partial charge in [-0.25, -0.2) is 4.79 Å². The van der Waals surface area contributed by atoms with E-state index in [1.807, 2.05) is 45.0 Å². The summed E-state index contributed by atoms with van der Waals surface area (Å²) in [5, 5.41) is 0. The first-order chi connectivity index (χ1) is 14.7. The molecule has 31 heavy (non-hydrogen) atoms. The van der Waals surface area contributed by atoms with Crippen LogP contribution in [-0.4, -0.2) is 49.0 Å². The second kappa shape index (κ2) is 12.0. The molecule has 0 bridgehead atoms. The van der Waals surface area contributed by atoms with E-state index in [4.69, 9.17) is 18.9 Å². The molecule has 0 aliphatic carbocycles. The molecule has 1 amide bonds. The number of carbonyl (C=O) groups excluding carboxylic acids is 1. The highest BCUT2D eigenvalue weighted by molar-refractivity contribution is 9.11. The molecule has 0 aromatic heterocycles. The van der Waals surface area contributed by atoms with Gasteiger partial charge in [0.05, 0.1) is 17.2 Å². The summed E-state index contributed by atoms with van der Waals surface area (Å²) in [5.74, 6) is 1.91. The van der Waals surface area contributed by atoms with Gasteiger partial charge in [-0.3, -0.25) is 0 Å². The molecule has 0 radical (unpaired) electrons. The molecule has 7 heteroatoms. The number of likely N-dealkylation sites (tertiary alicyclic amines) is 1. The summed E-state index contributed by atoms with van der Waals surface area (Å²) in [6.45, 7) is 15.3. The number of amides is 1. The Balaban J connectivity index is 1.72. The lowest BCUT2D eigenvalue weighted by Crippen LogP contribution is -2.43. The van der Waals surface area contributed by atoms with Crippen molar-refractivity contribution in [1.29, 1.82) is 0 Å². The topological polar surface area (TPSA) is 57.2 Å². The van der Waals surface area contributed by atoms with E-state index in [1.54, 1.807) is 17.1 Å². The van der Waals surface area contributed by atoms with Gasteiger partial charge in [0.1, 0.15) is 29.5 Å². The Hall–Kier alpha value is -2.25. The van der Waals surface area contributed by atoms with Crippen LogP contribution in [0.5, 0.6) is 11.5 Å². The van der Waals surface area contributed by atoms with Gasteiger partial charge in [-0.1, -0.05) is 25.3 Å². The zero-order valence-electron chi connectivity index (χ0n) is 18.6. The fraction of sp³-hybridized carbons (Fsp3) is 0.458. The minimum atomic E-state index is -0.476. The van der Waals surface area contributed by atoms with Crippen molar-refractivity contribution in [2.75, 3.05) is 26.3 Å². The molecule has 1 aromatic carbocycles. The Bertz CT molecular complexity index is 791. The highest BCUT2D eigenvalue weighted by Gasteiger charge is 2.27. The quantitative estimate of drug-likeness (QED) is 0.245. The van der Waals surface area contributed by atoms with Crippen molar-refractivity contribution >= 4 is 22.0 Å². The maximum atomic E-state index is 12.1. The summed E-state index contributed by atoms with van der Waals surface area (Å²) >= 11 is 3.32. The van der Waals surface area contributed by atoms with E-state index in [2.05, 4.69) is 29.1 Å². The molecular formula is C24H32BrNO5. The third-order valence-electron chi connectivity index (χ3n) is 4.37. The van der Waals surface area contributed by atoms with Gasteiger partial charge >= 0.3 is 6.09 Å². The molecular weight excluding hydrogens is 462 g/mol. The first-order valence-corrected chi connectivity index (χ1v) is 11.1. The van der Waals surface area contributed by atoms with Crippen LogP contribution >= 0.6 is 15.9 Å². The number of nitrogens with zero attached hydrogens (tertiary/aromatic N) is 1. The molecule has 1 heterocycles. The minimum Gasteiger partial charge on any atom is -0.491 e. The second-order valence-corrected chi connectivity index (χ2v) is 9.09. The van der Waals surface area contributed by atoms with Crippen LogP contribution < -0.4 is 9.47 Å². The Morgan fingerprint density at radius 1 is 1.23 bits per heavy atom. The number of rotatable bonds is 9. The molecule has 1 aliphatic rings. The van der Waals surface area contributed by atoms with Gasteiger partial charge < -0.3 is 23.8 Å². The van der Waals surface area contributed by atoms with Crippen LogP contribution in [0.4, 0.5) is 4.79 Å². The van der Waals surface area contributed by atoms with Crippen molar-refractivity contribution in [3.8, 4) is 11.5 Å². The van der Waals surface area contributed by atoms with E-state index in [0.29, 0.717) is 48.0 Å². The molecule has 0 N–H and O–H groups in total. The highest BCUT2D eigenvalue weighted by atomic mass is 79.9. The molecule has 170 valence electrons. The second-order valence-electron chi connectivity index (χ2n) is 8.13. The summed E-state index contributed by atoms with van der Waals surface area (Å²) in [6, 6.07) is 7.38. The first kappa shape index (κ1) is 25.0. The summed E-state index contributed by atoms with van der Waals surface area (Å²) < 4.78 is 23.6. The average Bonchev–Trinajstić information content (AvgIpc) is 2.70. The number of hydrogen-bond acceptors (Lipinski definition) is 5. The third kappa shape index (κ3) is 9.19. The molecule has 6 nitrogen and oxygen atoms in total. The van der Waals surface area contributed by atoms with E-state index < -0.39 is 5.60 Å².